The molecule has 2 aromatic carbocycles. The molecule has 0 aliphatic heterocycles. The van der Waals surface area contributed by atoms with Gasteiger partial charge in [0.2, 0.25) is 11.8 Å². The summed E-state index contributed by atoms with van der Waals surface area (Å²) in [6, 6.07) is 13.9. The van der Waals surface area contributed by atoms with Gasteiger partial charge in [-0.15, -0.1) is 6.42 Å². The molecule has 10 nitrogen and oxygen atoms in total. The fourth-order valence-electron chi connectivity index (χ4n) is 4.65. The highest BCUT2D eigenvalue weighted by Gasteiger charge is 2.40. The molecule has 0 aliphatic rings. The zero-order chi connectivity index (χ0) is 34.7. The second-order valence-corrected chi connectivity index (χ2v) is 13.1. The van der Waals surface area contributed by atoms with Crippen molar-refractivity contribution in [3.05, 3.63) is 71.3 Å². The van der Waals surface area contributed by atoms with Crippen molar-refractivity contribution in [1.29, 1.82) is 5.26 Å². The topological polar surface area (TPSA) is 138 Å². The Morgan fingerprint density at radius 2 is 1.50 bits per heavy atom. The first-order valence-corrected chi connectivity index (χ1v) is 15.3. The molecule has 0 radical (unpaired) electrons. The number of carbonyl (C=O) groups is 4. The lowest BCUT2D eigenvalue weighted by Gasteiger charge is -2.35. The zero-order valence-electron chi connectivity index (χ0n) is 28.0. The van der Waals surface area contributed by atoms with E-state index in [4.69, 9.17) is 15.9 Å². The molecule has 246 valence electrons. The number of nitrogens with one attached hydrogen (secondary N) is 2. The van der Waals surface area contributed by atoms with Gasteiger partial charge in [0.05, 0.1) is 6.07 Å². The number of rotatable bonds is 12. The molecule has 2 N–H and O–H groups in total. The number of nitrogens with zero attached hydrogens (tertiary/aromatic N) is 2. The third-order valence-electron chi connectivity index (χ3n) is 6.94. The largest absolute Gasteiger partial charge is 0.458 e. The summed E-state index contributed by atoms with van der Waals surface area (Å²) in [5, 5.41) is 15.3. The van der Waals surface area contributed by atoms with Crippen molar-refractivity contribution in [2.75, 3.05) is 6.54 Å². The third-order valence-corrected chi connectivity index (χ3v) is 6.94. The summed E-state index contributed by atoms with van der Waals surface area (Å²) < 4.78 is 11.1. The van der Waals surface area contributed by atoms with Gasteiger partial charge in [-0.1, -0.05) is 74.7 Å². The van der Waals surface area contributed by atoms with Crippen LogP contribution in [0.5, 0.6) is 0 Å². The van der Waals surface area contributed by atoms with Crippen molar-refractivity contribution in [2.24, 2.45) is 5.92 Å². The number of ether oxygens (including phenoxy) is 2. The van der Waals surface area contributed by atoms with E-state index < -0.39 is 65.7 Å². The number of alkyl carbamates (subject to hydrolysis) is 1. The third kappa shape index (κ3) is 11.3. The van der Waals surface area contributed by atoms with E-state index >= 15 is 0 Å². The quantitative estimate of drug-likeness (QED) is 0.190. The maximum absolute atomic E-state index is 14.4. The SMILES string of the molecule is C#Cc1ccccc1C(C(=O)NC(Cc1ccccc1)C(=O)OC(C)(C)C)N(CC#N)C(=O)C(NC(=O)OC(C)(C)C)C(C)CC. The Balaban J connectivity index is 2.66. The number of nitriles is 1. The van der Waals surface area contributed by atoms with Gasteiger partial charge in [-0.3, -0.25) is 9.59 Å². The molecular formula is C36H46N4O6. The number of hydrogen-bond acceptors (Lipinski definition) is 7. The van der Waals surface area contributed by atoms with Crippen molar-refractivity contribution in [2.45, 2.75) is 97.6 Å². The van der Waals surface area contributed by atoms with Gasteiger partial charge in [-0.25, -0.2) is 9.59 Å². The number of esters is 1. The summed E-state index contributed by atoms with van der Waals surface area (Å²) in [5.41, 5.74) is -0.318. The molecule has 2 rings (SSSR count). The van der Waals surface area contributed by atoms with Crippen LogP contribution in [0.25, 0.3) is 0 Å². The van der Waals surface area contributed by atoms with Crippen molar-refractivity contribution < 1.29 is 28.7 Å². The van der Waals surface area contributed by atoms with Crippen molar-refractivity contribution in [1.82, 2.24) is 15.5 Å². The fraction of sp³-hybridized carbons (Fsp3) is 0.472. The number of terminal acetylenes is 1. The highest BCUT2D eigenvalue weighted by Crippen LogP contribution is 2.27. The number of carbonyl (C=O) groups excluding carboxylic acids is 4. The van der Waals surface area contributed by atoms with Crippen LogP contribution in [0.1, 0.15) is 84.5 Å². The van der Waals surface area contributed by atoms with Gasteiger partial charge >= 0.3 is 12.1 Å². The highest BCUT2D eigenvalue weighted by molar-refractivity contribution is 5.94. The molecular weight excluding hydrogens is 584 g/mol. The molecule has 4 atom stereocenters. The Bertz CT molecular complexity index is 1450. The first kappa shape index (κ1) is 37.4. The maximum Gasteiger partial charge on any atom is 0.408 e. The molecule has 10 heteroatoms. The van der Waals surface area contributed by atoms with Crippen LogP contribution < -0.4 is 10.6 Å². The molecule has 46 heavy (non-hydrogen) atoms. The van der Waals surface area contributed by atoms with E-state index in [1.807, 2.05) is 43.3 Å². The summed E-state index contributed by atoms with van der Waals surface area (Å²) in [4.78, 5) is 56.0. The van der Waals surface area contributed by atoms with Gasteiger partial charge in [0, 0.05) is 12.0 Å². The smallest absolute Gasteiger partial charge is 0.408 e. The Labute approximate surface area is 272 Å². The van der Waals surface area contributed by atoms with Crippen LogP contribution in [0.15, 0.2) is 54.6 Å². The van der Waals surface area contributed by atoms with Crippen LogP contribution in [0.3, 0.4) is 0 Å². The minimum absolute atomic E-state index is 0.104. The fourth-order valence-corrected chi connectivity index (χ4v) is 4.65. The number of benzene rings is 2. The standard InChI is InChI=1S/C36H46N4O6/c1-10-24(3)29(39-34(44)46-36(7,8)9)32(42)40(22-21-37)30(27-20-16-15-19-26(27)11-2)31(41)38-28(33(43)45-35(4,5)6)23-25-17-13-12-14-18-25/h2,12-20,24,28-30H,10,22-23H2,1,3-9H3,(H,38,41)(H,39,44). The average molecular weight is 631 g/mol. The summed E-state index contributed by atoms with van der Waals surface area (Å²) in [5.74, 6) is 0.0390. The van der Waals surface area contributed by atoms with E-state index in [1.54, 1.807) is 72.7 Å². The van der Waals surface area contributed by atoms with E-state index in [-0.39, 0.29) is 12.0 Å². The monoisotopic (exact) mass is 630 g/mol. The Kier molecular flexibility index (Phi) is 13.4. The minimum atomic E-state index is -1.44. The molecule has 0 aliphatic carbocycles. The predicted molar refractivity (Wildman–Crippen MR) is 175 cm³/mol. The molecule has 2 aromatic rings. The Morgan fingerprint density at radius 1 is 0.913 bits per heavy atom. The van der Waals surface area contributed by atoms with Gasteiger partial charge in [0.15, 0.2) is 0 Å². The van der Waals surface area contributed by atoms with Crippen molar-refractivity contribution in [3.8, 4) is 18.4 Å². The summed E-state index contributed by atoms with van der Waals surface area (Å²) in [6.45, 7) is 13.4. The summed E-state index contributed by atoms with van der Waals surface area (Å²) in [6.07, 6.45) is 5.59. The molecule has 0 bridgehead atoms. The molecule has 0 saturated carbocycles. The van der Waals surface area contributed by atoms with Gasteiger partial charge in [-0.2, -0.15) is 5.26 Å². The first-order chi connectivity index (χ1) is 21.5. The molecule has 0 saturated heterocycles. The highest BCUT2D eigenvalue weighted by atomic mass is 16.6. The van der Waals surface area contributed by atoms with E-state index in [9.17, 15) is 24.4 Å². The van der Waals surface area contributed by atoms with E-state index in [2.05, 4.69) is 16.6 Å². The first-order valence-electron chi connectivity index (χ1n) is 15.3. The van der Waals surface area contributed by atoms with Crippen LogP contribution in [0.2, 0.25) is 0 Å². The van der Waals surface area contributed by atoms with E-state index in [0.717, 1.165) is 10.5 Å². The lowest BCUT2D eigenvalue weighted by atomic mass is 9.94. The lowest BCUT2D eigenvalue weighted by Crippen LogP contribution is -2.56. The summed E-state index contributed by atoms with van der Waals surface area (Å²) >= 11 is 0. The minimum Gasteiger partial charge on any atom is -0.458 e. The van der Waals surface area contributed by atoms with Gasteiger partial charge in [-0.05, 0) is 64.7 Å². The Morgan fingerprint density at radius 3 is 2.04 bits per heavy atom. The van der Waals surface area contributed by atoms with Crippen LogP contribution in [-0.4, -0.2) is 58.6 Å². The maximum atomic E-state index is 14.4. The van der Waals surface area contributed by atoms with Crippen LogP contribution in [0.4, 0.5) is 4.79 Å². The molecule has 0 spiro atoms. The number of hydrogen-bond donors (Lipinski definition) is 2. The number of amides is 3. The van der Waals surface area contributed by atoms with Crippen LogP contribution in [0, 0.1) is 29.6 Å². The average Bonchev–Trinajstić information content (AvgIpc) is 2.97. The lowest BCUT2D eigenvalue weighted by molar-refractivity contribution is -0.159. The molecule has 3 amide bonds. The summed E-state index contributed by atoms with van der Waals surface area (Å²) in [7, 11) is 0. The molecule has 4 unspecified atom stereocenters. The molecule has 0 heterocycles. The second-order valence-electron chi connectivity index (χ2n) is 13.1. The van der Waals surface area contributed by atoms with E-state index in [0.29, 0.717) is 12.0 Å². The van der Waals surface area contributed by atoms with Crippen molar-refractivity contribution in [3.63, 3.8) is 0 Å². The second kappa shape index (κ2) is 16.5. The Hall–Kier alpha value is -4.83. The van der Waals surface area contributed by atoms with Crippen molar-refractivity contribution >= 4 is 23.9 Å². The van der Waals surface area contributed by atoms with Gasteiger partial charge in [0.25, 0.3) is 0 Å². The molecule has 0 aromatic heterocycles. The predicted octanol–water partition coefficient (Wildman–Crippen LogP) is 5.07. The molecule has 0 fully saturated rings. The van der Waals surface area contributed by atoms with E-state index in [1.165, 1.54) is 0 Å². The van der Waals surface area contributed by atoms with Gasteiger partial charge in [0.1, 0.15) is 35.9 Å². The van der Waals surface area contributed by atoms with Crippen LogP contribution >= 0.6 is 0 Å². The van der Waals surface area contributed by atoms with Gasteiger partial charge < -0.3 is 25.0 Å². The normalized spacial score (nSPS) is 13.9. The van der Waals surface area contributed by atoms with Crippen LogP contribution in [-0.2, 0) is 30.3 Å². The zero-order valence-corrected chi connectivity index (χ0v) is 28.0.